The van der Waals surface area contributed by atoms with Gasteiger partial charge in [0, 0.05) is 18.4 Å². The van der Waals surface area contributed by atoms with Gasteiger partial charge in [0.25, 0.3) is 0 Å². The molecule has 0 amide bonds. The molecule has 0 bridgehead atoms. The van der Waals surface area contributed by atoms with Crippen LogP contribution in [-0.4, -0.2) is 41.0 Å². The van der Waals surface area contributed by atoms with Crippen LogP contribution in [-0.2, 0) is 0 Å². The van der Waals surface area contributed by atoms with Gasteiger partial charge in [0.1, 0.15) is 5.03 Å². The Morgan fingerprint density at radius 3 is 3.00 bits per heavy atom. The smallest absolute Gasteiger partial charge is 0.223 e. The summed E-state index contributed by atoms with van der Waals surface area (Å²) in [4.78, 5) is 11.4. The van der Waals surface area contributed by atoms with Gasteiger partial charge in [0.2, 0.25) is 5.95 Å². The lowest BCUT2D eigenvalue weighted by Crippen LogP contribution is -2.22. The van der Waals surface area contributed by atoms with Crippen molar-refractivity contribution in [3.05, 3.63) is 34.1 Å². The first-order chi connectivity index (χ1) is 11.8. The van der Waals surface area contributed by atoms with Crippen molar-refractivity contribution in [1.29, 1.82) is 0 Å². The zero-order valence-electron chi connectivity index (χ0n) is 14.2. The molecule has 1 fully saturated rings. The van der Waals surface area contributed by atoms with Crippen molar-refractivity contribution >= 4 is 23.4 Å². The lowest BCUT2D eigenvalue weighted by atomic mass is 10.3. The van der Waals surface area contributed by atoms with Crippen LogP contribution in [0.3, 0.4) is 0 Å². The predicted molar refractivity (Wildman–Crippen MR) is 101 cm³/mol. The third-order valence-corrected chi connectivity index (χ3v) is 5.24. The summed E-state index contributed by atoms with van der Waals surface area (Å²) in [6, 6.07) is 1.85. The number of hydrogen-bond acceptors (Lipinski definition) is 7. The Bertz CT molecular complexity index is 621. The third kappa shape index (κ3) is 4.42. The number of nitrogens with one attached hydrogen (secondary N) is 2. The molecule has 1 aromatic heterocycles. The summed E-state index contributed by atoms with van der Waals surface area (Å²) in [6.07, 6.45) is 6.51. The van der Waals surface area contributed by atoms with Crippen molar-refractivity contribution in [2.75, 3.05) is 31.5 Å². The van der Waals surface area contributed by atoms with Gasteiger partial charge in [-0.05, 0) is 56.8 Å². The number of thioether (sulfide) groups is 1. The van der Waals surface area contributed by atoms with Crippen molar-refractivity contribution in [1.82, 2.24) is 20.2 Å². The molecule has 130 valence electrons. The summed E-state index contributed by atoms with van der Waals surface area (Å²) < 4.78 is 0. The zero-order chi connectivity index (χ0) is 16.8. The van der Waals surface area contributed by atoms with Gasteiger partial charge in [0.15, 0.2) is 0 Å². The number of aromatic nitrogens is 2. The molecule has 6 nitrogen and oxygen atoms in total. The van der Waals surface area contributed by atoms with Gasteiger partial charge in [0.05, 0.1) is 11.4 Å². The minimum atomic E-state index is 0.643. The molecule has 0 spiro atoms. The molecular weight excluding hydrogens is 320 g/mol. The van der Waals surface area contributed by atoms with Crippen LogP contribution >= 0.6 is 11.8 Å². The summed E-state index contributed by atoms with van der Waals surface area (Å²) in [5.74, 6) is 0.643. The second-order valence-corrected chi connectivity index (χ2v) is 6.96. The van der Waals surface area contributed by atoms with E-state index in [1.165, 1.54) is 31.6 Å². The molecule has 24 heavy (non-hydrogen) atoms. The lowest BCUT2D eigenvalue weighted by molar-refractivity contribution is 0.337. The summed E-state index contributed by atoms with van der Waals surface area (Å²) in [7, 11) is 0. The normalized spacial score (nSPS) is 20.0. The average molecular weight is 347 g/mol. The lowest BCUT2D eigenvalue weighted by Gasteiger charge is -2.14. The molecule has 1 saturated heterocycles. The summed E-state index contributed by atoms with van der Waals surface area (Å²) >= 11 is 1.61. The minimum Gasteiger partial charge on any atom is -0.395 e. The Labute approximate surface area is 148 Å². The molecule has 0 aromatic carbocycles. The maximum Gasteiger partial charge on any atom is 0.223 e. The fourth-order valence-electron chi connectivity index (χ4n) is 2.86. The molecule has 0 unspecified atom stereocenters. The second-order valence-electron chi connectivity index (χ2n) is 6.08. The maximum atomic E-state index is 6.26. The SMILES string of the molecule is CCC1=CS/C(=C(/N)c2ccnc(NCCCN3CCCC3)n2)N1. The van der Waals surface area contributed by atoms with Crippen LogP contribution in [0.4, 0.5) is 5.95 Å². The molecule has 7 heteroatoms. The fraction of sp³-hybridized carbons (Fsp3) is 0.529. The van der Waals surface area contributed by atoms with E-state index in [-0.39, 0.29) is 0 Å². The molecule has 0 radical (unpaired) electrons. The molecule has 1 aromatic rings. The molecular formula is C17H26N6S. The molecule has 3 heterocycles. The third-order valence-electron chi connectivity index (χ3n) is 4.28. The summed E-state index contributed by atoms with van der Waals surface area (Å²) in [5, 5.41) is 9.69. The Balaban J connectivity index is 1.53. The Morgan fingerprint density at radius 1 is 1.42 bits per heavy atom. The molecule has 2 aliphatic heterocycles. The van der Waals surface area contributed by atoms with E-state index in [1.54, 1.807) is 18.0 Å². The highest BCUT2D eigenvalue weighted by molar-refractivity contribution is 8.06. The van der Waals surface area contributed by atoms with Gasteiger partial charge in [-0.25, -0.2) is 9.97 Å². The van der Waals surface area contributed by atoms with Gasteiger partial charge >= 0.3 is 0 Å². The van der Waals surface area contributed by atoms with Crippen LogP contribution in [0.15, 0.2) is 28.4 Å². The predicted octanol–water partition coefficient (Wildman–Crippen LogP) is 2.55. The van der Waals surface area contributed by atoms with E-state index in [0.29, 0.717) is 11.6 Å². The van der Waals surface area contributed by atoms with Gasteiger partial charge in [-0.15, -0.1) is 0 Å². The summed E-state index contributed by atoms with van der Waals surface area (Å²) in [5.41, 5.74) is 8.88. The summed E-state index contributed by atoms with van der Waals surface area (Å²) in [6.45, 7) is 6.63. The van der Waals surface area contributed by atoms with Crippen LogP contribution in [0.1, 0.15) is 38.3 Å². The number of likely N-dealkylation sites (tertiary alicyclic amines) is 1. The highest BCUT2D eigenvalue weighted by Gasteiger charge is 2.14. The largest absolute Gasteiger partial charge is 0.395 e. The van der Waals surface area contributed by atoms with E-state index in [9.17, 15) is 0 Å². The Kier molecular flexibility index (Phi) is 5.98. The van der Waals surface area contributed by atoms with E-state index in [2.05, 4.69) is 37.8 Å². The molecule has 4 N–H and O–H groups in total. The average Bonchev–Trinajstić information content (AvgIpc) is 3.30. The van der Waals surface area contributed by atoms with Crippen molar-refractivity contribution < 1.29 is 0 Å². The van der Waals surface area contributed by atoms with E-state index < -0.39 is 0 Å². The number of allylic oxidation sites excluding steroid dienone is 1. The quantitative estimate of drug-likeness (QED) is 0.655. The first-order valence-electron chi connectivity index (χ1n) is 8.68. The monoisotopic (exact) mass is 346 g/mol. The van der Waals surface area contributed by atoms with E-state index in [1.807, 2.05) is 6.07 Å². The van der Waals surface area contributed by atoms with E-state index >= 15 is 0 Å². The Morgan fingerprint density at radius 2 is 2.25 bits per heavy atom. The van der Waals surface area contributed by atoms with E-state index in [4.69, 9.17) is 5.73 Å². The first-order valence-corrected chi connectivity index (χ1v) is 9.56. The van der Waals surface area contributed by atoms with Gasteiger partial charge in [-0.1, -0.05) is 18.7 Å². The Hall–Kier alpha value is -1.73. The number of nitrogens with two attached hydrogens (primary N) is 1. The van der Waals surface area contributed by atoms with Crippen LogP contribution < -0.4 is 16.4 Å². The van der Waals surface area contributed by atoms with Gasteiger partial charge in [-0.2, -0.15) is 0 Å². The molecule has 3 rings (SSSR count). The van der Waals surface area contributed by atoms with Crippen molar-refractivity contribution in [2.45, 2.75) is 32.6 Å². The minimum absolute atomic E-state index is 0.643. The van der Waals surface area contributed by atoms with Crippen LogP contribution in [0.2, 0.25) is 0 Å². The van der Waals surface area contributed by atoms with Gasteiger partial charge < -0.3 is 21.3 Å². The number of hydrogen-bond donors (Lipinski definition) is 3. The molecule has 0 atom stereocenters. The molecule has 0 aliphatic carbocycles. The number of rotatable bonds is 7. The standard InChI is InChI=1S/C17H26N6S/c1-2-13-12-24-16(21-13)15(18)14-6-8-20-17(22-14)19-7-5-11-23-9-3-4-10-23/h6,8,12,21H,2-5,7,9-11,18H2,1H3,(H,19,20,22)/b16-15+. The van der Waals surface area contributed by atoms with E-state index in [0.717, 1.165) is 36.7 Å². The fourth-order valence-corrected chi connectivity index (χ4v) is 3.76. The molecule has 2 aliphatic rings. The second kappa shape index (κ2) is 8.39. The number of nitrogens with zero attached hydrogens (tertiary/aromatic N) is 3. The first kappa shape index (κ1) is 17.1. The maximum absolute atomic E-state index is 6.26. The zero-order valence-corrected chi connectivity index (χ0v) is 15.0. The van der Waals surface area contributed by atoms with Crippen molar-refractivity contribution in [3.8, 4) is 0 Å². The van der Waals surface area contributed by atoms with Gasteiger partial charge in [-0.3, -0.25) is 0 Å². The van der Waals surface area contributed by atoms with Crippen molar-refractivity contribution in [2.24, 2.45) is 5.73 Å². The van der Waals surface area contributed by atoms with Crippen molar-refractivity contribution in [3.63, 3.8) is 0 Å². The van der Waals surface area contributed by atoms with Crippen LogP contribution in [0, 0.1) is 0 Å². The highest BCUT2D eigenvalue weighted by Crippen LogP contribution is 2.29. The van der Waals surface area contributed by atoms with Crippen LogP contribution in [0.25, 0.3) is 5.70 Å². The molecule has 0 saturated carbocycles. The topological polar surface area (TPSA) is 79.1 Å². The number of anilines is 1. The van der Waals surface area contributed by atoms with Crippen LogP contribution in [0.5, 0.6) is 0 Å². The highest BCUT2D eigenvalue weighted by atomic mass is 32.2.